The molecule has 2 atom stereocenters. The number of nitrogens with zero attached hydrogens (tertiary/aromatic N) is 1. The fraction of sp³-hybridized carbons (Fsp3) is 0.588. The third-order valence-electron chi connectivity index (χ3n) is 4.70. The van der Waals surface area contributed by atoms with Crippen LogP contribution in [0.1, 0.15) is 37.8 Å². The van der Waals surface area contributed by atoms with Crippen LogP contribution in [0.2, 0.25) is 0 Å². The first-order valence-corrected chi connectivity index (χ1v) is 8.09. The van der Waals surface area contributed by atoms with E-state index in [9.17, 15) is 9.90 Å². The quantitative estimate of drug-likeness (QED) is 0.888. The molecule has 2 unspecified atom stereocenters. The number of likely N-dealkylation sites (tertiary alicyclic amines) is 1. The normalized spacial score (nSPS) is 24.2. The first-order chi connectivity index (χ1) is 10.6. The number of para-hydroxylation sites is 1. The van der Waals surface area contributed by atoms with Crippen molar-refractivity contribution in [3.63, 3.8) is 0 Å². The van der Waals surface area contributed by atoms with E-state index >= 15 is 0 Å². The summed E-state index contributed by atoms with van der Waals surface area (Å²) in [5.74, 6) is 0.922. The number of aliphatic hydroxyl groups is 1. The van der Waals surface area contributed by atoms with Crippen molar-refractivity contribution in [3.8, 4) is 5.75 Å². The van der Waals surface area contributed by atoms with Gasteiger partial charge in [0.1, 0.15) is 5.75 Å². The van der Waals surface area contributed by atoms with Crippen LogP contribution in [0.4, 0.5) is 0 Å². The standard InChI is InChI=1S/C17H24N2O3/c1-12(19-9-6-13(20)7-10-19)17(21)18-15-8-11-22-16-5-3-2-4-14(15)16/h2-5,12-13,15,20H,6-11H2,1H3,(H,18,21). The predicted molar refractivity (Wildman–Crippen MR) is 83.7 cm³/mol. The molecule has 2 N–H and O–H groups in total. The molecular formula is C17H24N2O3. The van der Waals surface area contributed by atoms with Crippen molar-refractivity contribution in [1.82, 2.24) is 10.2 Å². The van der Waals surface area contributed by atoms with Gasteiger partial charge in [-0.15, -0.1) is 0 Å². The Kier molecular flexibility index (Phi) is 4.64. The highest BCUT2D eigenvalue weighted by Crippen LogP contribution is 2.31. The highest BCUT2D eigenvalue weighted by molar-refractivity contribution is 5.81. The fourth-order valence-corrected chi connectivity index (χ4v) is 3.22. The Morgan fingerprint density at radius 2 is 2.05 bits per heavy atom. The Labute approximate surface area is 131 Å². The number of piperidine rings is 1. The molecule has 0 saturated carbocycles. The van der Waals surface area contributed by atoms with Crippen LogP contribution in [-0.4, -0.2) is 47.8 Å². The van der Waals surface area contributed by atoms with Gasteiger partial charge in [0.05, 0.1) is 24.8 Å². The number of carbonyl (C=O) groups is 1. The molecule has 2 heterocycles. The lowest BCUT2D eigenvalue weighted by atomic mass is 10.00. The first-order valence-electron chi connectivity index (χ1n) is 8.09. The van der Waals surface area contributed by atoms with Crippen LogP contribution in [0.25, 0.3) is 0 Å². The molecule has 2 aliphatic heterocycles. The summed E-state index contributed by atoms with van der Waals surface area (Å²) in [6.45, 7) is 4.13. The molecule has 1 aromatic rings. The van der Waals surface area contributed by atoms with Gasteiger partial charge in [-0.3, -0.25) is 9.69 Å². The number of benzene rings is 1. The zero-order valence-electron chi connectivity index (χ0n) is 13.0. The molecule has 0 spiro atoms. The fourth-order valence-electron chi connectivity index (χ4n) is 3.22. The number of carbonyl (C=O) groups excluding carboxylic acids is 1. The molecule has 0 aliphatic carbocycles. The predicted octanol–water partition coefficient (Wildman–Crippen LogP) is 1.47. The number of aliphatic hydroxyl groups excluding tert-OH is 1. The van der Waals surface area contributed by atoms with Gasteiger partial charge in [0.2, 0.25) is 5.91 Å². The number of rotatable bonds is 3. The maximum absolute atomic E-state index is 12.5. The summed E-state index contributed by atoms with van der Waals surface area (Å²) >= 11 is 0. The second kappa shape index (κ2) is 6.67. The molecule has 1 saturated heterocycles. The molecule has 5 heteroatoms. The molecule has 1 amide bonds. The Bertz CT molecular complexity index is 526. The summed E-state index contributed by atoms with van der Waals surface area (Å²) in [6.07, 6.45) is 2.08. The number of nitrogens with one attached hydrogen (secondary N) is 1. The molecule has 3 rings (SSSR count). The van der Waals surface area contributed by atoms with Crippen molar-refractivity contribution in [2.24, 2.45) is 0 Å². The lowest BCUT2D eigenvalue weighted by Crippen LogP contribution is -2.50. The minimum atomic E-state index is -0.214. The highest BCUT2D eigenvalue weighted by Gasteiger charge is 2.29. The monoisotopic (exact) mass is 304 g/mol. The van der Waals surface area contributed by atoms with Crippen LogP contribution in [0, 0.1) is 0 Å². The van der Waals surface area contributed by atoms with Gasteiger partial charge in [-0.2, -0.15) is 0 Å². The summed E-state index contributed by atoms with van der Waals surface area (Å²) < 4.78 is 5.63. The second-order valence-corrected chi connectivity index (χ2v) is 6.18. The van der Waals surface area contributed by atoms with E-state index in [1.807, 2.05) is 31.2 Å². The van der Waals surface area contributed by atoms with Crippen molar-refractivity contribution in [2.75, 3.05) is 19.7 Å². The SMILES string of the molecule is CC(C(=O)NC1CCOc2ccccc21)N1CCC(O)CC1. The topological polar surface area (TPSA) is 61.8 Å². The number of hydrogen-bond acceptors (Lipinski definition) is 4. The number of hydrogen-bond donors (Lipinski definition) is 2. The molecule has 1 aromatic carbocycles. The van der Waals surface area contributed by atoms with Crippen LogP contribution >= 0.6 is 0 Å². The first kappa shape index (κ1) is 15.3. The largest absolute Gasteiger partial charge is 0.493 e. The minimum Gasteiger partial charge on any atom is -0.493 e. The molecular weight excluding hydrogens is 280 g/mol. The molecule has 0 bridgehead atoms. The molecule has 5 nitrogen and oxygen atoms in total. The molecule has 1 fully saturated rings. The van der Waals surface area contributed by atoms with Crippen LogP contribution in [0.3, 0.4) is 0 Å². The van der Waals surface area contributed by atoms with E-state index in [-0.39, 0.29) is 24.1 Å². The van der Waals surface area contributed by atoms with Crippen LogP contribution < -0.4 is 10.1 Å². The molecule has 2 aliphatic rings. The smallest absolute Gasteiger partial charge is 0.237 e. The zero-order chi connectivity index (χ0) is 15.5. The van der Waals surface area contributed by atoms with Crippen molar-refractivity contribution in [2.45, 2.75) is 44.4 Å². The maximum atomic E-state index is 12.5. The van der Waals surface area contributed by atoms with Gasteiger partial charge in [-0.05, 0) is 25.8 Å². The summed E-state index contributed by atoms with van der Waals surface area (Å²) in [4.78, 5) is 14.7. The van der Waals surface area contributed by atoms with Gasteiger partial charge in [-0.25, -0.2) is 0 Å². The lowest BCUT2D eigenvalue weighted by molar-refractivity contribution is -0.127. The third kappa shape index (κ3) is 3.25. The van der Waals surface area contributed by atoms with Crippen molar-refractivity contribution in [3.05, 3.63) is 29.8 Å². The molecule has 120 valence electrons. The lowest BCUT2D eigenvalue weighted by Gasteiger charge is -2.35. The average Bonchev–Trinajstić information content (AvgIpc) is 2.55. The van der Waals surface area contributed by atoms with E-state index in [1.165, 1.54) is 0 Å². The number of fused-ring (bicyclic) bond motifs is 1. The Morgan fingerprint density at radius 1 is 1.32 bits per heavy atom. The maximum Gasteiger partial charge on any atom is 0.237 e. The van der Waals surface area contributed by atoms with E-state index in [1.54, 1.807) is 0 Å². The van der Waals surface area contributed by atoms with Gasteiger partial charge in [0.25, 0.3) is 0 Å². The van der Waals surface area contributed by atoms with E-state index in [0.717, 1.165) is 43.7 Å². The van der Waals surface area contributed by atoms with E-state index < -0.39 is 0 Å². The van der Waals surface area contributed by atoms with Crippen molar-refractivity contribution in [1.29, 1.82) is 0 Å². The average molecular weight is 304 g/mol. The van der Waals surface area contributed by atoms with E-state index in [0.29, 0.717) is 6.61 Å². The van der Waals surface area contributed by atoms with Crippen LogP contribution in [0.15, 0.2) is 24.3 Å². The summed E-state index contributed by atoms with van der Waals surface area (Å²) in [7, 11) is 0. The van der Waals surface area contributed by atoms with Gasteiger partial charge in [0, 0.05) is 25.1 Å². The van der Waals surface area contributed by atoms with Gasteiger partial charge in [0.15, 0.2) is 0 Å². The minimum absolute atomic E-state index is 0.0234. The zero-order valence-corrected chi connectivity index (χ0v) is 13.0. The Morgan fingerprint density at radius 3 is 2.82 bits per heavy atom. The van der Waals surface area contributed by atoms with Crippen molar-refractivity contribution < 1.29 is 14.6 Å². The number of ether oxygens (including phenoxy) is 1. The van der Waals surface area contributed by atoms with Crippen LogP contribution in [-0.2, 0) is 4.79 Å². The van der Waals surface area contributed by atoms with Gasteiger partial charge < -0.3 is 15.2 Å². The Balaban J connectivity index is 1.62. The number of amides is 1. The third-order valence-corrected chi connectivity index (χ3v) is 4.70. The Hall–Kier alpha value is -1.59. The molecule has 0 radical (unpaired) electrons. The van der Waals surface area contributed by atoms with Crippen LogP contribution in [0.5, 0.6) is 5.75 Å². The molecule has 0 aromatic heterocycles. The summed E-state index contributed by atoms with van der Waals surface area (Å²) in [6, 6.07) is 7.75. The molecule has 22 heavy (non-hydrogen) atoms. The summed E-state index contributed by atoms with van der Waals surface area (Å²) in [5.41, 5.74) is 1.06. The highest BCUT2D eigenvalue weighted by atomic mass is 16.5. The van der Waals surface area contributed by atoms with Crippen molar-refractivity contribution >= 4 is 5.91 Å². The summed E-state index contributed by atoms with van der Waals surface area (Å²) in [5, 5.41) is 12.7. The van der Waals surface area contributed by atoms with E-state index in [2.05, 4.69) is 10.2 Å². The van der Waals surface area contributed by atoms with Gasteiger partial charge in [-0.1, -0.05) is 18.2 Å². The second-order valence-electron chi connectivity index (χ2n) is 6.18. The van der Waals surface area contributed by atoms with E-state index in [4.69, 9.17) is 4.74 Å². The van der Waals surface area contributed by atoms with Gasteiger partial charge >= 0.3 is 0 Å².